The Bertz CT molecular complexity index is 149. The van der Waals surface area contributed by atoms with Gasteiger partial charge in [0, 0.05) is 0 Å². The van der Waals surface area contributed by atoms with E-state index >= 15 is 0 Å². The van der Waals surface area contributed by atoms with E-state index in [0.717, 1.165) is 0 Å². The van der Waals surface area contributed by atoms with Gasteiger partial charge in [0.25, 0.3) is 0 Å². The van der Waals surface area contributed by atoms with Crippen LogP contribution in [0, 0.1) is 0 Å². The molecular formula is C5H7NO2. The summed E-state index contributed by atoms with van der Waals surface area (Å²) in [5.41, 5.74) is -0.475. The van der Waals surface area contributed by atoms with Gasteiger partial charge in [0.15, 0.2) is 0 Å². The van der Waals surface area contributed by atoms with Gasteiger partial charge in [-0.25, -0.2) is 4.79 Å². The molecule has 0 atom stereocenters. The Labute approximate surface area is 47.4 Å². The van der Waals surface area contributed by atoms with Crippen molar-refractivity contribution in [2.24, 2.45) is 4.99 Å². The summed E-state index contributed by atoms with van der Waals surface area (Å²) in [6, 6.07) is 0. The predicted molar refractivity (Wildman–Crippen MR) is 29.1 cm³/mol. The lowest BCUT2D eigenvalue weighted by Gasteiger charge is -2.10. The van der Waals surface area contributed by atoms with Crippen LogP contribution in [0.4, 0.5) is 4.79 Å². The van der Waals surface area contributed by atoms with Gasteiger partial charge in [-0.05, 0) is 13.8 Å². The van der Waals surface area contributed by atoms with E-state index in [4.69, 9.17) is 0 Å². The number of ether oxygens (including phenoxy) is 1. The lowest BCUT2D eigenvalue weighted by Crippen LogP contribution is -2.21. The maximum Gasteiger partial charge on any atom is 0.434 e. The first-order valence-electron chi connectivity index (χ1n) is 2.38. The minimum absolute atomic E-state index is 0.475. The fourth-order valence-corrected chi connectivity index (χ4v) is 0.486. The molecule has 0 unspecified atom stereocenters. The summed E-state index contributed by atoms with van der Waals surface area (Å²) in [6.07, 6.45) is 1.00. The third kappa shape index (κ3) is 0.857. The van der Waals surface area contributed by atoms with Crippen LogP contribution < -0.4 is 0 Å². The molecule has 1 heterocycles. The fraction of sp³-hybridized carbons (Fsp3) is 0.600. The molecule has 3 nitrogen and oxygen atoms in total. The van der Waals surface area contributed by atoms with Crippen LogP contribution >= 0.6 is 0 Å². The molecule has 0 radical (unpaired) electrons. The number of cyclic esters (lactones) is 1. The van der Waals surface area contributed by atoms with Crippen LogP contribution in [0.15, 0.2) is 4.99 Å². The van der Waals surface area contributed by atoms with Crippen LogP contribution in [0.3, 0.4) is 0 Å². The minimum Gasteiger partial charge on any atom is -0.436 e. The van der Waals surface area contributed by atoms with Gasteiger partial charge in [0.05, 0.1) is 6.21 Å². The summed E-state index contributed by atoms with van der Waals surface area (Å²) in [5.74, 6) is 0. The van der Waals surface area contributed by atoms with Crippen molar-refractivity contribution in [1.29, 1.82) is 0 Å². The second-order valence-electron chi connectivity index (χ2n) is 2.23. The molecule has 1 rings (SSSR count). The number of carbonyl (C=O) groups is 1. The topological polar surface area (TPSA) is 38.7 Å². The molecule has 0 saturated carbocycles. The van der Waals surface area contributed by atoms with Crippen molar-refractivity contribution in [2.45, 2.75) is 19.4 Å². The van der Waals surface area contributed by atoms with E-state index in [9.17, 15) is 4.79 Å². The molecule has 1 aliphatic rings. The summed E-state index contributed by atoms with van der Waals surface area (Å²) in [5, 5.41) is 0. The van der Waals surface area contributed by atoms with E-state index in [0.29, 0.717) is 0 Å². The average Bonchev–Trinajstić information content (AvgIpc) is 1.82. The Hall–Kier alpha value is -0.860. The SMILES string of the molecule is CC1(C)C=NC(=O)O1. The number of aliphatic imine (C=N–C) groups is 1. The first-order valence-corrected chi connectivity index (χ1v) is 2.38. The number of hydrogen-bond donors (Lipinski definition) is 0. The highest BCUT2D eigenvalue weighted by atomic mass is 16.6. The number of amides is 1. The fourth-order valence-electron chi connectivity index (χ4n) is 0.486. The highest BCUT2D eigenvalue weighted by Gasteiger charge is 2.25. The maximum atomic E-state index is 10.2. The van der Waals surface area contributed by atoms with Crippen molar-refractivity contribution in [1.82, 2.24) is 0 Å². The van der Waals surface area contributed by atoms with Crippen molar-refractivity contribution in [2.75, 3.05) is 0 Å². The largest absolute Gasteiger partial charge is 0.436 e. The third-order valence-electron chi connectivity index (χ3n) is 0.831. The summed E-state index contributed by atoms with van der Waals surface area (Å²) in [4.78, 5) is 13.6. The van der Waals surface area contributed by atoms with E-state index in [2.05, 4.69) is 9.73 Å². The molecule has 0 N–H and O–H groups in total. The van der Waals surface area contributed by atoms with E-state index in [1.807, 2.05) is 0 Å². The quantitative estimate of drug-likeness (QED) is 0.469. The number of carbonyl (C=O) groups excluding carboxylic acids is 1. The molecule has 0 aromatic carbocycles. The number of nitrogens with zero attached hydrogens (tertiary/aromatic N) is 1. The molecule has 0 bridgehead atoms. The molecule has 44 valence electrons. The summed E-state index contributed by atoms with van der Waals surface area (Å²) in [6.45, 7) is 3.56. The predicted octanol–water partition coefficient (Wildman–Crippen LogP) is 0.986. The Morgan fingerprint density at radius 1 is 1.75 bits per heavy atom. The van der Waals surface area contributed by atoms with Crippen molar-refractivity contribution in [3.8, 4) is 0 Å². The van der Waals surface area contributed by atoms with Crippen molar-refractivity contribution < 1.29 is 9.53 Å². The molecular weight excluding hydrogens is 106 g/mol. The second-order valence-corrected chi connectivity index (χ2v) is 2.23. The maximum absolute atomic E-state index is 10.2. The zero-order valence-electron chi connectivity index (χ0n) is 4.84. The average molecular weight is 113 g/mol. The molecule has 0 aromatic heterocycles. The second kappa shape index (κ2) is 1.31. The first-order chi connectivity index (χ1) is 3.60. The van der Waals surface area contributed by atoms with E-state index in [1.165, 1.54) is 6.21 Å². The highest BCUT2D eigenvalue weighted by molar-refractivity contribution is 5.89. The van der Waals surface area contributed by atoms with Gasteiger partial charge in [-0.15, -0.1) is 0 Å². The number of rotatable bonds is 0. The van der Waals surface area contributed by atoms with Crippen LogP contribution in [0.5, 0.6) is 0 Å². The van der Waals surface area contributed by atoms with Gasteiger partial charge in [-0.2, -0.15) is 4.99 Å². The molecule has 3 heteroatoms. The molecule has 0 saturated heterocycles. The third-order valence-corrected chi connectivity index (χ3v) is 0.831. The summed E-state index contributed by atoms with van der Waals surface area (Å²) in [7, 11) is 0. The smallest absolute Gasteiger partial charge is 0.434 e. The Kier molecular flexibility index (Phi) is 0.863. The van der Waals surface area contributed by atoms with Gasteiger partial charge in [-0.3, -0.25) is 0 Å². The minimum atomic E-state index is -0.491. The monoisotopic (exact) mass is 113 g/mol. The van der Waals surface area contributed by atoms with Crippen LogP contribution in [-0.2, 0) is 4.74 Å². The molecule has 0 fully saturated rings. The van der Waals surface area contributed by atoms with Gasteiger partial charge in [-0.1, -0.05) is 0 Å². The zero-order chi connectivity index (χ0) is 6.20. The molecule has 0 aliphatic carbocycles. The zero-order valence-corrected chi connectivity index (χ0v) is 4.84. The van der Waals surface area contributed by atoms with E-state index < -0.39 is 11.7 Å². The lowest BCUT2D eigenvalue weighted by molar-refractivity contribution is 0.108. The first kappa shape index (κ1) is 5.28. The molecule has 1 amide bonds. The Morgan fingerprint density at radius 2 is 2.38 bits per heavy atom. The van der Waals surface area contributed by atoms with Crippen LogP contribution in [-0.4, -0.2) is 17.9 Å². The summed E-state index contributed by atoms with van der Waals surface area (Å²) < 4.78 is 4.69. The van der Waals surface area contributed by atoms with Crippen molar-refractivity contribution in [3.63, 3.8) is 0 Å². The van der Waals surface area contributed by atoms with Crippen LogP contribution in [0.1, 0.15) is 13.8 Å². The Morgan fingerprint density at radius 3 is 2.50 bits per heavy atom. The van der Waals surface area contributed by atoms with Crippen molar-refractivity contribution >= 4 is 12.3 Å². The van der Waals surface area contributed by atoms with Gasteiger partial charge < -0.3 is 4.74 Å². The lowest BCUT2D eigenvalue weighted by atomic mass is 10.2. The van der Waals surface area contributed by atoms with Crippen LogP contribution in [0.2, 0.25) is 0 Å². The Balaban J connectivity index is 2.72. The molecule has 0 aromatic rings. The normalized spacial score (nSPS) is 23.5. The highest BCUT2D eigenvalue weighted by Crippen LogP contribution is 2.12. The molecule has 8 heavy (non-hydrogen) atoms. The molecule has 0 spiro atoms. The van der Waals surface area contributed by atoms with Gasteiger partial charge in [0.2, 0.25) is 0 Å². The van der Waals surface area contributed by atoms with Gasteiger partial charge >= 0.3 is 6.09 Å². The van der Waals surface area contributed by atoms with Crippen LogP contribution in [0.25, 0.3) is 0 Å². The van der Waals surface area contributed by atoms with Crippen molar-refractivity contribution in [3.05, 3.63) is 0 Å². The van der Waals surface area contributed by atoms with Gasteiger partial charge in [0.1, 0.15) is 5.60 Å². The molecule has 1 aliphatic heterocycles. The van der Waals surface area contributed by atoms with E-state index in [1.54, 1.807) is 13.8 Å². The van der Waals surface area contributed by atoms with E-state index in [-0.39, 0.29) is 0 Å². The summed E-state index contributed by atoms with van der Waals surface area (Å²) >= 11 is 0. The standard InChI is InChI=1S/C5H7NO2/c1-5(2)3-6-4(7)8-5/h3H,1-2H3. The number of hydrogen-bond acceptors (Lipinski definition) is 2.